The molecule has 0 aliphatic heterocycles. The zero-order valence-electron chi connectivity index (χ0n) is 10.5. The van der Waals surface area contributed by atoms with Crippen LogP contribution >= 0.6 is 11.6 Å². The SMILES string of the molecule is CC(Cc1ccc(Cl)nc1)(C(=O)O)C(=O)NC1CC1. The van der Waals surface area contributed by atoms with Crippen LogP contribution in [0.3, 0.4) is 0 Å². The van der Waals surface area contributed by atoms with Crippen molar-refractivity contribution in [3.05, 3.63) is 29.0 Å². The normalized spacial score (nSPS) is 17.6. The number of hydrogen-bond acceptors (Lipinski definition) is 3. The summed E-state index contributed by atoms with van der Waals surface area (Å²) in [6.07, 6.45) is 3.42. The zero-order valence-corrected chi connectivity index (χ0v) is 11.3. The molecule has 0 bridgehead atoms. The lowest BCUT2D eigenvalue weighted by Gasteiger charge is -2.23. The van der Waals surface area contributed by atoms with E-state index in [1.807, 2.05) is 0 Å². The molecule has 1 atom stereocenters. The van der Waals surface area contributed by atoms with Gasteiger partial charge in [-0.3, -0.25) is 9.59 Å². The molecule has 6 heteroatoms. The van der Waals surface area contributed by atoms with E-state index in [9.17, 15) is 14.7 Å². The van der Waals surface area contributed by atoms with E-state index in [0.29, 0.717) is 10.7 Å². The molecular formula is C13H15ClN2O3. The van der Waals surface area contributed by atoms with Crippen LogP contribution in [0.25, 0.3) is 0 Å². The standard InChI is InChI=1S/C13H15ClN2O3/c1-13(12(18)19,11(17)16-9-3-4-9)6-8-2-5-10(14)15-7-8/h2,5,7,9H,3-4,6H2,1H3,(H,16,17)(H,18,19). The summed E-state index contributed by atoms with van der Waals surface area (Å²) in [4.78, 5) is 27.4. The minimum Gasteiger partial charge on any atom is -0.480 e. The Labute approximate surface area is 116 Å². The van der Waals surface area contributed by atoms with Gasteiger partial charge in [-0.2, -0.15) is 0 Å². The van der Waals surface area contributed by atoms with E-state index >= 15 is 0 Å². The average Bonchev–Trinajstić information content (AvgIpc) is 3.15. The molecule has 0 radical (unpaired) electrons. The molecule has 1 saturated carbocycles. The van der Waals surface area contributed by atoms with E-state index in [1.165, 1.54) is 13.1 Å². The van der Waals surface area contributed by atoms with E-state index in [2.05, 4.69) is 10.3 Å². The summed E-state index contributed by atoms with van der Waals surface area (Å²) in [5.74, 6) is -1.59. The molecule has 1 fully saturated rings. The number of aromatic nitrogens is 1. The fourth-order valence-corrected chi connectivity index (χ4v) is 1.86. The van der Waals surface area contributed by atoms with Crippen molar-refractivity contribution < 1.29 is 14.7 Å². The molecule has 1 aliphatic rings. The van der Waals surface area contributed by atoms with Crippen LogP contribution in [0.2, 0.25) is 5.15 Å². The van der Waals surface area contributed by atoms with Gasteiger partial charge in [0.25, 0.3) is 0 Å². The first-order chi connectivity index (χ1) is 8.91. The highest BCUT2D eigenvalue weighted by Crippen LogP contribution is 2.27. The predicted molar refractivity (Wildman–Crippen MR) is 69.9 cm³/mol. The summed E-state index contributed by atoms with van der Waals surface area (Å²) in [5.41, 5.74) is -0.821. The molecule has 0 aromatic carbocycles. The number of nitrogens with zero attached hydrogens (tertiary/aromatic N) is 1. The maximum Gasteiger partial charge on any atom is 0.319 e. The summed E-state index contributed by atoms with van der Waals surface area (Å²) >= 11 is 5.68. The molecule has 1 amide bonds. The van der Waals surface area contributed by atoms with Crippen molar-refractivity contribution >= 4 is 23.5 Å². The van der Waals surface area contributed by atoms with Gasteiger partial charge >= 0.3 is 5.97 Å². The monoisotopic (exact) mass is 282 g/mol. The minimum atomic E-state index is -1.49. The molecule has 1 heterocycles. The first-order valence-electron chi connectivity index (χ1n) is 6.06. The zero-order chi connectivity index (χ0) is 14.0. The lowest BCUT2D eigenvalue weighted by Crippen LogP contribution is -2.46. The van der Waals surface area contributed by atoms with Gasteiger partial charge < -0.3 is 10.4 Å². The fraction of sp³-hybridized carbons (Fsp3) is 0.462. The topological polar surface area (TPSA) is 79.3 Å². The van der Waals surface area contributed by atoms with E-state index in [1.54, 1.807) is 12.1 Å². The second kappa shape index (κ2) is 5.17. The molecule has 1 aromatic heterocycles. The largest absolute Gasteiger partial charge is 0.480 e. The first-order valence-corrected chi connectivity index (χ1v) is 6.44. The molecule has 0 saturated heterocycles. The van der Waals surface area contributed by atoms with Gasteiger partial charge in [-0.05, 0) is 37.8 Å². The first kappa shape index (κ1) is 13.8. The highest BCUT2D eigenvalue weighted by molar-refractivity contribution is 6.29. The number of halogens is 1. The molecule has 102 valence electrons. The lowest BCUT2D eigenvalue weighted by molar-refractivity contribution is -0.154. The second-order valence-corrected chi connectivity index (χ2v) is 5.44. The second-order valence-electron chi connectivity index (χ2n) is 5.05. The van der Waals surface area contributed by atoms with Gasteiger partial charge in [0.2, 0.25) is 5.91 Å². The minimum absolute atomic E-state index is 0.0883. The Bertz CT molecular complexity index is 499. The Morgan fingerprint density at radius 3 is 2.68 bits per heavy atom. The van der Waals surface area contributed by atoms with Crippen LogP contribution in [0.1, 0.15) is 25.3 Å². The number of carbonyl (C=O) groups is 2. The quantitative estimate of drug-likeness (QED) is 0.636. The van der Waals surface area contributed by atoms with Crippen LogP contribution in [0.5, 0.6) is 0 Å². The molecule has 0 spiro atoms. The molecule has 2 N–H and O–H groups in total. The van der Waals surface area contributed by atoms with Gasteiger partial charge in [0.15, 0.2) is 0 Å². The molecule has 1 aromatic rings. The van der Waals surface area contributed by atoms with Gasteiger partial charge in [-0.15, -0.1) is 0 Å². The predicted octanol–water partition coefficient (Wildman–Crippen LogP) is 1.65. The van der Waals surface area contributed by atoms with E-state index in [0.717, 1.165) is 12.8 Å². The van der Waals surface area contributed by atoms with Crippen LogP contribution in [0.4, 0.5) is 0 Å². The van der Waals surface area contributed by atoms with Crippen LogP contribution in [-0.2, 0) is 16.0 Å². The van der Waals surface area contributed by atoms with Gasteiger partial charge in [0, 0.05) is 12.2 Å². The molecule has 1 unspecified atom stereocenters. The third kappa shape index (κ3) is 3.23. The van der Waals surface area contributed by atoms with Crippen molar-refractivity contribution in [3.63, 3.8) is 0 Å². The van der Waals surface area contributed by atoms with Gasteiger partial charge in [-0.1, -0.05) is 17.7 Å². The number of carbonyl (C=O) groups excluding carboxylic acids is 1. The van der Waals surface area contributed by atoms with Crippen LogP contribution < -0.4 is 5.32 Å². The van der Waals surface area contributed by atoms with Crippen molar-refractivity contribution in [2.45, 2.75) is 32.2 Å². The highest BCUT2D eigenvalue weighted by Gasteiger charge is 2.43. The number of aliphatic carboxylic acids is 1. The lowest BCUT2D eigenvalue weighted by atomic mass is 9.83. The van der Waals surface area contributed by atoms with Crippen LogP contribution in [-0.4, -0.2) is 28.0 Å². The Morgan fingerprint density at radius 1 is 1.53 bits per heavy atom. The van der Waals surface area contributed by atoms with E-state index in [4.69, 9.17) is 11.6 Å². The number of rotatable bonds is 5. The third-order valence-corrected chi connectivity index (χ3v) is 3.46. The number of pyridine rings is 1. The van der Waals surface area contributed by atoms with Crippen molar-refractivity contribution in [2.75, 3.05) is 0 Å². The van der Waals surface area contributed by atoms with Crippen molar-refractivity contribution in [1.29, 1.82) is 0 Å². The van der Waals surface area contributed by atoms with Crippen molar-refractivity contribution in [3.8, 4) is 0 Å². The maximum absolute atomic E-state index is 12.1. The summed E-state index contributed by atoms with van der Waals surface area (Å²) in [7, 11) is 0. The molecular weight excluding hydrogens is 268 g/mol. The average molecular weight is 283 g/mol. The maximum atomic E-state index is 12.1. The smallest absolute Gasteiger partial charge is 0.319 e. The van der Waals surface area contributed by atoms with E-state index in [-0.39, 0.29) is 12.5 Å². The van der Waals surface area contributed by atoms with Gasteiger partial charge in [0.05, 0.1) is 0 Å². The number of nitrogens with one attached hydrogen (secondary N) is 1. The number of carboxylic acids is 1. The Balaban J connectivity index is 2.15. The Hall–Kier alpha value is -1.62. The van der Waals surface area contributed by atoms with Crippen LogP contribution in [0, 0.1) is 5.41 Å². The summed E-state index contributed by atoms with van der Waals surface area (Å²) in [5, 5.41) is 12.4. The summed E-state index contributed by atoms with van der Waals surface area (Å²) in [6.45, 7) is 1.43. The number of carboxylic acid groups (broad SMARTS) is 1. The highest BCUT2D eigenvalue weighted by atomic mass is 35.5. The van der Waals surface area contributed by atoms with Gasteiger partial charge in [0.1, 0.15) is 10.6 Å². The van der Waals surface area contributed by atoms with E-state index < -0.39 is 17.3 Å². The molecule has 1 aliphatic carbocycles. The fourth-order valence-electron chi connectivity index (χ4n) is 1.74. The van der Waals surface area contributed by atoms with Gasteiger partial charge in [-0.25, -0.2) is 4.98 Å². The molecule has 2 rings (SSSR count). The molecule has 19 heavy (non-hydrogen) atoms. The number of amides is 1. The van der Waals surface area contributed by atoms with Crippen molar-refractivity contribution in [2.24, 2.45) is 5.41 Å². The number of hydrogen-bond donors (Lipinski definition) is 2. The van der Waals surface area contributed by atoms with Crippen molar-refractivity contribution in [1.82, 2.24) is 10.3 Å². The Morgan fingerprint density at radius 2 is 2.21 bits per heavy atom. The summed E-state index contributed by atoms with van der Waals surface area (Å²) < 4.78 is 0. The third-order valence-electron chi connectivity index (χ3n) is 3.23. The molecule has 5 nitrogen and oxygen atoms in total. The Kier molecular flexibility index (Phi) is 3.75. The van der Waals surface area contributed by atoms with Crippen LogP contribution in [0.15, 0.2) is 18.3 Å². The summed E-state index contributed by atoms with van der Waals surface area (Å²) in [6, 6.07) is 3.40.